The van der Waals surface area contributed by atoms with Gasteiger partial charge in [-0.05, 0) is 23.3 Å². The van der Waals surface area contributed by atoms with Gasteiger partial charge in [0.1, 0.15) is 0 Å². The van der Waals surface area contributed by atoms with E-state index < -0.39 is 0 Å². The summed E-state index contributed by atoms with van der Waals surface area (Å²) in [6.45, 7) is 1.23. The number of rotatable bonds is 6. The lowest BCUT2D eigenvalue weighted by molar-refractivity contribution is 0.0950. The van der Waals surface area contributed by atoms with Crippen LogP contribution in [0.15, 0.2) is 60.9 Å². The van der Waals surface area contributed by atoms with Crippen LogP contribution in [0.1, 0.15) is 21.5 Å². The monoisotopic (exact) mass is 362 g/mol. The quantitative estimate of drug-likeness (QED) is 0.701. The zero-order valence-corrected chi connectivity index (χ0v) is 14.5. The van der Waals surface area contributed by atoms with E-state index in [0.717, 1.165) is 16.9 Å². The van der Waals surface area contributed by atoms with Crippen LogP contribution in [0.3, 0.4) is 0 Å². The molecule has 1 amide bonds. The number of ether oxygens (including phenoxy) is 2. The van der Waals surface area contributed by atoms with Crippen molar-refractivity contribution in [2.24, 2.45) is 0 Å². The Morgan fingerprint density at radius 2 is 1.70 bits per heavy atom. The highest BCUT2D eigenvalue weighted by atomic mass is 16.7. The van der Waals surface area contributed by atoms with Gasteiger partial charge in [-0.2, -0.15) is 0 Å². The van der Waals surface area contributed by atoms with Crippen LogP contribution >= 0.6 is 0 Å². The van der Waals surface area contributed by atoms with Crippen LogP contribution in [0.2, 0.25) is 0 Å². The van der Waals surface area contributed by atoms with E-state index in [1.54, 1.807) is 0 Å². The Morgan fingerprint density at radius 3 is 2.52 bits per heavy atom. The molecule has 3 aromatic rings. The molecular formula is C20H18N4O3. The van der Waals surface area contributed by atoms with Crippen molar-refractivity contribution in [1.82, 2.24) is 15.3 Å². The summed E-state index contributed by atoms with van der Waals surface area (Å²) >= 11 is 0. The molecule has 2 aromatic carbocycles. The van der Waals surface area contributed by atoms with Gasteiger partial charge in [0.15, 0.2) is 11.5 Å². The largest absolute Gasteiger partial charge is 0.454 e. The first-order valence-electron chi connectivity index (χ1n) is 8.54. The molecule has 2 heterocycles. The number of carbonyl (C=O) groups excluding carboxylic acids is 1. The second kappa shape index (κ2) is 7.74. The second-order valence-electron chi connectivity index (χ2n) is 6.00. The number of benzene rings is 2. The molecule has 0 fully saturated rings. The predicted octanol–water partition coefficient (Wildman–Crippen LogP) is 2.75. The van der Waals surface area contributed by atoms with Crippen molar-refractivity contribution in [3.8, 4) is 11.5 Å². The van der Waals surface area contributed by atoms with Crippen LogP contribution < -0.4 is 20.1 Å². The van der Waals surface area contributed by atoms with Crippen molar-refractivity contribution in [3.63, 3.8) is 0 Å². The Balaban J connectivity index is 1.31. The molecule has 2 N–H and O–H groups in total. The summed E-state index contributed by atoms with van der Waals surface area (Å²) in [5.41, 5.74) is 2.46. The highest BCUT2D eigenvalue weighted by Crippen LogP contribution is 2.32. The van der Waals surface area contributed by atoms with Crippen molar-refractivity contribution in [2.45, 2.75) is 13.1 Å². The van der Waals surface area contributed by atoms with Gasteiger partial charge < -0.3 is 20.1 Å². The molecule has 0 atom stereocenters. The van der Waals surface area contributed by atoms with Gasteiger partial charge in [0.2, 0.25) is 12.7 Å². The SMILES string of the molecule is O=C(NCc1ccc2c(c1)OCO2)c1cnc(NCc2ccccc2)nc1. The van der Waals surface area contributed by atoms with Crippen LogP contribution in [-0.4, -0.2) is 22.7 Å². The third-order valence-electron chi connectivity index (χ3n) is 4.10. The molecule has 7 heteroatoms. The zero-order valence-electron chi connectivity index (χ0n) is 14.5. The summed E-state index contributed by atoms with van der Waals surface area (Å²) in [6.07, 6.45) is 3.02. The van der Waals surface area contributed by atoms with E-state index in [-0.39, 0.29) is 12.7 Å². The van der Waals surface area contributed by atoms with E-state index in [1.807, 2.05) is 48.5 Å². The molecule has 136 valence electrons. The number of amides is 1. The number of nitrogens with one attached hydrogen (secondary N) is 2. The van der Waals surface area contributed by atoms with Gasteiger partial charge in [-0.3, -0.25) is 4.79 Å². The van der Waals surface area contributed by atoms with E-state index in [1.165, 1.54) is 12.4 Å². The minimum Gasteiger partial charge on any atom is -0.454 e. The van der Waals surface area contributed by atoms with Crippen molar-refractivity contribution in [2.75, 3.05) is 12.1 Å². The number of aromatic nitrogens is 2. The lowest BCUT2D eigenvalue weighted by Crippen LogP contribution is -2.23. The maximum atomic E-state index is 12.3. The lowest BCUT2D eigenvalue weighted by atomic mass is 10.2. The van der Waals surface area contributed by atoms with Gasteiger partial charge >= 0.3 is 0 Å². The molecule has 0 spiro atoms. The van der Waals surface area contributed by atoms with Crippen LogP contribution in [0.4, 0.5) is 5.95 Å². The highest BCUT2D eigenvalue weighted by molar-refractivity contribution is 5.93. The average molecular weight is 362 g/mol. The molecular weight excluding hydrogens is 344 g/mol. The lowest BCUT2D eigenvalue weighted by Gasteiger charge is -2.07. The van der Waals surface area contributed by atoms with Crippen molar-refractivity contribution in [3.05, 3.63) is 77.6 Å². The van der Waals surface area contributed by atoms with Gasteiger partial charge in [-0.25, -0.2) is 9.97 Å². The molecule has 1 aliphatic rings. The van der Waals surface area contributed by atoms with Gasteiger partial charge in [-0.15, -0.1) is 0 Å². The first-order chi connectivity index (χ1) is 13.3. The van der Waals surface area contributed by atoms with Crippen LogP contribution in [-0.2, 0) is 13.1 Å². The van der Waals surface area contributed by atoms with Crippen molar-refractivity contribution in [1.29, 1.82) is 0 Å². The number of carbonyl (C=O) groups is 1. The normalized spacial score (nSPS) is 11.9. The Bertz CT molecular complexity index is 930. The van der Waals surface area contributed by atoms with E-state index in [2.05, 4.69) is 20.6 Å². The molecule has 7 nitrogen and oxygen atoms in total. The topological polar surface area (TPSA) is 85.4 Å². The Hall–Kier alpha value is -3.61. The Kier molecular flexibility index (Phi) is 4.82. The van der Waals surface area contributed by atoms with Gasteiger partial charge in [0, 0.05) is 25.5 Å². The van der Waals surface area contributed by atoms with E-state index >= 15 is 0 Å². The number of fused-ring (bicyclic) bond motifs is 1. The first-order valence-corrected chi connectivity index (χ1v) is 8.54. The highest BCUT2D eigenvalue weighted by Gasteiger charge is 2.14. The molecule has 0 unspecified atom stereocenters. The molecule has 1 aliphatic heterocycles. The van der Waals surface area contributed by atoms with Crippen LogP contribution in [0.25, 0.3) is 0 Å². The molecule has 0 radical (unpaired) electrons. The van der Waals surface area contributed by atoms with Gasteiger partial charge in [0.05, 0.1) is 5.56 Å². The average Bonchev–Trinajstić information content (AvgIpc) is 3.19. The van der Waals surface area contributed by atoms with Crippen LogP contribution in [0.5, 0.6) is 11.5 Å². The standard InChI is InChI=1S/C20H18N4O3/c25-19(21-10-15-6-7-17-18(8-15)27-13-26-17)16-11-23-20(24-12-16)22-9-14-4-2-1-3-5-14/h1-8,11-12H,9-10,13H2,(H,21,25)(H,22,23,24). The molecule has 0 bridgehead atoms. The third kappa shape index (κ3) is 4.14. The smallest absolute Gasteiger partial charge is 0.254 e. The molecule has 4 rings (SSSR count). The van der Waals surface area contributed by atoms with Crippen LogP contribution in [0, 0.1) is 0 Å². The summed E-state index contributed by atoms with van der Waals surface area (Å²) in [4.78, 5) is 20.7. The summed E-state index contributed by atoms with van der Waals surface area (Å²) in [5, 5.41) is 5.98. The fourth-order valence-corrected chi connectivity index (χ4v) is 2.65. The van der Waals surface area contributed by atoms with Crippen molar-refractivity contribution < 1.29 is 14.3 Å². The number of hydrogen-bond donors (Lipinski definition) is 2. The fourth-order valence-electron chi connectivity index (χ4n) is 2.65. The zero-order chi connectivity index (χ0) is 18.5. The Morgan fingerprint density at radius 1 is 0.926 bits per heavy atom. The number of nitrogens with zero attached hydrogens (tertiary/aromatic N) is 2. The van der Waals surface area contributed by atoms with Crippen molar-refractivity contribution >= 4 is 11.9 Å². The molecule has 0 aliphatic carbocycles. The first kappa shape index (κ1) is 16.8. The Labute approximate surface area is 156 Å². The molecule has 1 aromatic heterocycles. The van der Waals surface area contributed by atoms with Gasteiger partial charge in [-0.1, -0.05) is 36.4 Å². The summed E-state index contributed by atoms with van der Waals surface area (Å²) in [5.74, 6) is 1.66. The predicted molar refractivity (Wildman–Crippen MR) is 99.5 cm³/mol. The number of hydrogen-bond acceptors (Lipinski definition) is 6. The molecule has 27 heavy (non-hydrogen) atoms. The van der Waals surface area contributed by atoms with E-state index in [4.69, 9.17) is 9.47 Å². The fraction of sp³-hybridized carbons (Fsp3) is 0.150. The summed E-state index contributed by atoms with van der Waals surface area (Å²) in [6, 6.07) is 15.5. The maximum absolute atomic E-state index is 12.3. The molecule has 0 saturated carbocycles. The third-order valence-corrected chi connectivity index (χ3v) is 4.10. The van der Waals surface area contributed by atoms with E-state index in [9.17, 15) is 4.79 Å². The summed E-state index contributed by atoms with van der Waals surface area (Å²) in [7, 11) is 0. The summed E-state index contributed by atoms with van der Waals surface area (Å²) < 4.78 is 10.6. The maximum Gasteiger partial charge on any atom is 0.254 e. The second-order valence-corrected chi connectivity index (χ2v) is 6.00. The number of anilines is 1. The minimum absolute atomic E-state index is 0.229. The van der Waals surface area contributed by atoms with Gasteiger partial charge in [0.25, 0.3) is 5.91 Å². The molecule has 0 saturated heterocycles. The van der Waals surface area contributed by atoms with E-state index in [0.29, 0.717) is 30.4 Å². The minimum atomic E-state index is -0.234.